The Bertz CT molecular complexity index is 374. The number of fused-ring (bicyclic) bond motifs is 1. The summed E-state index contributed by atoms with van der Waals surface area (Å²) >= 11 is 0. The van der Waals surface area contributed by atoms with Crippen molar-refractivity contribution in [3.63, 3.8) is 0 Å². The molecule has 0 atom stereocenters. The molecule has 1 aliphatic carbocycles. The maximum Gasteiger partial charge on any atom is 0.165 e. The van der Waals surface area contributed by atoms with Gasteiger partial charge in [0.15, 0.2) is 11.6 Å². The van der Waals surface area contributed by atoms with Gasteiger partial charge in [-0.15, -0.1) is 0 Å². The molecule has 0 amide bonds. The summed E-state index contributed by atoms with van der Waals surface area (Å²) in [4.78, 5) is 0. The van der Waals surface area contributed by atoms with Crippen LogP contribution in [-0.2, 0) is 19.4 Å². The summed E-state index contributed by atoms with van der Waals surface area (Å²) in [6.45, 7) is 2.23. The summed E-state index contributed by atoms with van der Waals surface area (Å²) in [6.07, 6.45) is 2.80. The topological polar surface area (TPSA) is 29.5 Å². The van der Waals surface area contributed by atoms with Crippen LogP contribution in [0.1, 0.15) is 30.0 Å². The zero-order valence-electron chi connectivity index (χ0n) is 8.85. The molecule has 2 nitrogen and oxygen atoms in total. The van der Waals surface area contributed by atoms with Crippen LogP contribution < -0.4 is 4.74 Å². The molecule has 1 aromatic carbocycles. The van der Waals surface area contributed by atoms with Crippen molar-refractivity contribution in [3.05, 3.63) is 28.6 Å². The quantitative estimate of drug-likeness (QED) is 0.828. The number of ether oxygens (including phenoxy) is 1. The summed E-state index contributed by atoms with van der Waals surface area (Å²) < 4.78 is 19.0. The van der Waals surface area contributed by atoms with E-state index in [1.807, 2.05) is 6.92 Å². The Hall–Kier alpha value is -1.09. The van der Waals surface area contributed by atoms with Crippen molar-refractivity contribution in [3.8, 4) is 5.75 Å². The van der Waals surface area contributed by atoms with Crippen molar-refractivity contribution in [2.75, 3.05) is 6.61 Å². The zero-order valence-corrected chi connectivity index (χ0v) is 8.85. The minimum atomic E-state index is -0.346. The predicted octanol–water partition coefficient (Wildman–Crippen LogP) is 2.21. The largest absolute Gasteiger partial charge is 0.491 e. The van der Waals surface area contributed by atoms with Crippen LogP contribution in [0, 0.1) is 5.82 Å². The molecule has 0 bridgehead atoms. The van der Waals surface area contributed by atoms with E-state index < -0.39 is 0 Å². The lowest BCUT2D eigenvalue weighted by atomic mass is 10.0. The highest BCUT2D eigenvalue weighted by molar-refractivity contribution is 5.48. The number of rotatable bonds is 3. The molecule has 0 radical (unpaired) electrons. The number of aliphatic hydroxyl groups is 1. The van der Waals surface area contributed by atoms with Crippen molar-refractivity contribution in [2.45, 2.75) is 32.8 Å². The van der Waals surface area contributed by atoms with Gasteiger partial charge in [-0.25, -0.2) is 4.39 Å². The van der Waals surface area contributed by atoms with Gasteiger partial charge in [-0.3, -0.25) is 0 Å². The Morgan fingerprint density at radius 1 is 1.40 bits per heavy atom. The number of halogens is 1. The number of hydrogen-bond donors (Lipinski definition) is 1. The lowest BCUT2D eigenvalue weighted by molar-refractivity contribution is 0.278. The summed E-state index contributed by atoms with van der Waals surface area (Å²) in [7, 11) is 0. The fourth-order valence-corrected chi connectivity index (χ4v) is 2.24. The van der Waals surface area contributed by atoms with Gasteiger partial charge in [0.05, 0.1) is 13.2 Å². The van der Waals surface area contributed by atoms with E-state index in [-0.39, 0.29) is 12.4 Å². The highest BCUT2D eigenvalue weighted by Gasteiger charge is 2.22. The van der Waals surface area contributed by atoms with Crippen LogP contribution in [0.15, 0.2) is 6.07 Å². The van der Waals surface area contributed by atoms with Crippen molar-refractivity contribution in [1.82, 2.24) is 0 Å². The van der Waals surface area contributed by atoms with E-state index >= 15 is 0 Å². The molecule has 0 saturated heterocycles. The molecule has 82 valence electrons. The molecule has 0 aromatic heterocycles. The fraction of sp³-hybridized carbons (Fsp3) is 0.500. The molecule has 1 aromatic rings. The average molecular weight is 210 g/mol. The molecule has 15 heavy (non-hydrogen) atoms. The van der Waals surface area contributed by atoms with Gasteiger partial charge in [-0.05, 0) is 43.4 Å². The van der Waals surface area contributed by atoms with Crippen molar-refractivity contribution in [2.24, 2.45) is 0 Å². The second kappa shape index (κ2) is 4.19. The minimum absolute atomic E-state index is 0.0916. The van der Waals surface area contributed by atoms with E-state index in [9.17, 15) is 4.39 Å². The second-order valence-corrected chi connectivity index (χ2v) is 3.75. The van der Waals surface area contributed by atoms with Gasteiger partial charge in [0.25, 0.3) is 0 Å². The van der Waals surface area contributed by atoms with E-state index in [1.54, 1.807) is 0 Å². The summed E-state index contributed by atoms with van der Waals surface area (Å²) in [6, 6.07) is 1.40. The Labute approximate surface area is 88.7 Å². The highest BCUT2D eigenvalue weighted by Crippen LogP contribution is 2.35. The van der Waals surface area contributed by atoms with Gasteiger partial charge in [-0.2, -0.15) is 0 Å². The predicted molar refractivity (Wildman–Crippen MR) is 55.5 cm³/mol. The normalized spacial score (nSPS) is 14.1. The van der Waals surface area contributed by atoms with Crippen LogP contribution in [0.25, 0.3) is 0 Å². The minimum Gasteiger partial charge on any atom is -0.491 e. The molecule has 0 unspecified atom stereocenters. The van der Waals surface area contributed by atoms with Crippen LogP contribution >= 0.6 is 0 Å². The van der Waals surface area contributed by atoms with E-state index in [4.69, 9.17) is 9.84 Å². The van der Waals surface area contributed by atoms with Crippen molar-refractivity contribution < 1.29 is 14.2 Å². The third kappa shape index (κ3) is 1.72. The summed E-state index contributed by atoms with van der Waals surface area (Å²) in [5.74, 6) is 0.0451. The third-order valence-corrected chi connectivity index (χ3v) is 2.86. The van der Waals surface area contributed by atoms with E-state index in [0.717, 1.165) is 30.4 Å². The standard InChI is InChI=1S/C12H15FO2/c1-2-15-12-10-5-3-4-9(10)8(7-14)6-11(12)13/h6,14H,2-5,7H2,1H3. The highest BCUT2D eigenvalue weighted by atomic mass is 19.1. The Kier molecular flexibility index (Phi) is 2.91. The first-order chi connectivity index (χ1) is 7.27. The van der Waals surface area contributed by atoms with Crippen LogP contribution in [0.2, 0.25) is 0 Å². The molecule has 0 fully saturated rings. The lowest BCUT2D eigenvalue weighted by Crippen LogP contribution is -2.02. The van der Waals surface area contributed by atoms with Crippen LogP contribution in [-0.4, -0.2) is 11.7 Å². The molecule has 0 saturated carbocycles. The third-order valence-electron chi connectivity index (χ3n) is 2.86. The summed E-state index contributed by atoms with van der Waals surface area (Å²) in [5.41, 5.74) is 2.76. The average Bonchev–Trinajstić information content (AvgIpc) is 2.70. The monoisotopic (exact) mass is 210 g/mol. The Morgan fingerprint density at radius 3 is 2.80 bits per heavy atom. The van der Waals surface area contributed by atoms with E-state index in [0.29, 0.717) is 17.9 Å². The Morgan fingerprint density at radius 2 is 2.13 bits per heavy atom. The second-order valence-electron chi connectivity index (χ2n) is 3.75. The van der Waals surface area contributed by atoms with Gasteiger partial charge >= 0.3 is 0 Å². The lowest BCUT2D eigenvalue weighted by Gasteiger charge is -2.13. The van der Waals surface area contributed by atoms with Gasteiger partial charge in [0.2, 0.25) is 0 Å². The maximum absolute atomic E-state index is 13.6. The molecule has 0 spiro atoms. The number of benzene rings is 1. The molecule has 1 N–H and O–H groups in total. The molecular formula is C12H15FO2. The number of aliphatic hydroxyl groups excluding tert-OH is 1. The van der Waals surface area contributed by atoms with Crippen LogP contribution in [0.3, 0.4) is 0 Å². The van der Waals surface area contributed by atoms with Crippen molar-refractivity contribution in [1.29, 1.82) is 0 Å². The first-order valence-electron chi connectivity index (χ1n) is 5.34. The smallest absolute Gasteiger partial charge is 0.165 e. The molecule has 2 rings (SSSR count). The summed E-state index contributed by atoms with van der Waals surface area (Å²) in [5, 5.41) is 9.14. The molecule has 0 heterocycles. The Balaban J connectivity index is 2.53. The number of hydrogen-bond acceptors (Lipinski definition) is 2. The van der Waals surface area contributed by atoms with Gasteiger partial charge < -0.3 is 9.84 Å². The fourth-order valence-electron chi connectivity index (χ4n) is 2.24. The van der Waals surface area contributed by atoms with Crippen LogP contribution in [0.5, 0.6) is 5.75 Å². The molecular weight excluding hydrogens is 195 g/mol. The van der Waals surface area contributed by atoms with Crippen molar-refractivity contribution >= 4 is 0 Å². The SMILES string of the molecule is CCOc1c(F)cc(CO)c2c1CCC2. The molecule has 1 aliphatic rings. The first-order valence-corrected chi connectivity index (χ1v) is 5.34. The molecule has 0 aliphatic heterocycles. The first kappa shape index (κ1) is 10.4. The molecule has 3 heteroatoms. The van der Waals surface area contributed by atoms with Gasteiger partial charge in [0, 0.05) is 5.56 Å². The van der Waals surface area contributed by atoms with Gasteiger partial charge in [0.1, 0.15) is 0 Å². The van der Waals surface area contributed by atoms with E-state index in [2.05, 4.69) is 0 Å². The van der Waals surface area contributed by atoms with Crippen LogP contribution in [0.4, 0.5) is 4.39 Å². The maximum atomic E-state index is 13.6. The zero-order chi connectivity index (χ0) is 10.8. The van der Waals surface area contributed by atoms with E-state index in [1.165, 1.54) is 6.07 Å². The van der Waals surface area contributed by atoms with Gasteiger partial charge in [-0.1, -0.05) is 0 Å².